The average Bonchev–Trinajstić information content (AvgIpc) is 3.50. The second-order valence-electron chi connectivity index (χ2n) is 8.31. The summed E-state index contributed by atoms with van der Waals surface area (Å²) in [7, 11) is 0. The number of aromatic nitrogens is 4. The molecule has 0 saturated heterocycles. The molecule has 172 valence electrons. The molecule has 35 heavy (non-hydrogen) atoms. The van der Waals surface area contributed by atoms with E-state index in [-0.39, 0.29) is 6.17 Å². The van der Waals surface area contributed by atoms with E-state index in [1.807, 2.05) is 83.7 Å². The summed E-state index contributed by atoms with van der Waals surface area (Å²) >= 11 is 6.81. The molecule has 2 N–H and O–H groups in total. The van der Waals surface area contributed by atoms with Crippen molar-refractivity contribution in [2.45, 2.75) is 13.1 Å². The van der Waals surface area contributed by atoms with E-state index in [0.29, 0.717) is 16.6 Å². The molecule has 0 radical (unpaired) electrons. The minimum Gasteiger partial charge on any atom is -0.360 e. The molecule has 5 aromatic rings. The van der Waals surface area contributed by atoms with Crippen LogP contribution in [-0.2, 0) is 0 Å². The molecule has 3 aromatic carbocycles. The highest BCUT2D eigenvalue weighted by Crippen LogP contribution is 2.35. The highest BCUT2D eigenvalue weighted by Gasteiger charge is 2.29. The lowest BCUT2D eigenvalue weighted by atomic mass is 10.1. The van der Waals surface area contributed by atoms with Crippen molar-refractivity contribution >= 4 is 28.9 Å². The number of rotatable bonds is 5. The van der Waals surface area contributed by atoms with Gasteiger partial charge in [-0.05, 0) is 43.3 Å². The summed E-state index contributed by atoms with van der Waals surface area (Å²) < 4.78 is 3.58. The predicted octanol–water partition coefficient (Wildman–Crippen LogP) is 6.00. The maximum atomic E-state index is 6.81. The van der Waals surface area contributed by atoms with Gasteiger partial charge in [-0.1, -0.05) is 65.7 Å². The highest BCUT2D eigenvalue weighted by molar-refractivity contribution is 6.34. The third-order valence-corrected chi connectivity index (χ3v) is 6.27. The largest absolute Gasteiger partial charge is 0.360 e. The molecule has 1 aliphatic heterocycles. The quantitative estimate of drug-likeness (QED) is 0.324. The van der Waals surface area contributed by atoms with Gasteiger partial charge in [0.15, 0.2) is 6.17 Å². The maximum absolute atomic E-state index is 6.81. The van der Waals surface area contributed by atoms with Gasteiger partial charge in [0, 0.05) is 5.69 Å². The van der Waals surface area contributed by atoms with E-state index in [9.17, 15) is 0 Å². The lowest BCUT2D eigenvalue weighted by Crippen LogP contribution is -2.25. The molecular weight excluding hydrogens is 458 g/mol. The fourth-order valence-corrected chi connectivity index (χ4v) is 4.37. The van der Waals surface area contributed by atoms with Crippen molar-refractivity contribution in [1.29, 1.82) is 0 Å². The molecule has 0 bridgehead atoms. The van der Waals surface area contributed by atoms with Crippen LogP contribution < -0.4 is 10.6 Å². The monoisotopic (exact) mass is 479 g/mol. The van der Waals surface area contributed by atoms with E-state index >= 15 is 0 Å². The smallest absolute Gasteiger partial charge is 0.152 e. The number of para-hydroxylation sites is 2. The number of fused-ring (bicyclic) bond motifs is 1. The van der Waals surface area contributed by atoms with Crippen LogP contribution in [0.2, 0.25) is 5.15 Å². The minimum absolute atomic E-state index is 0.363. The Kier molecular flexibility index (Phi) is 5.31. The number of nitrogens with zero attached hydrogens (tertiary/aromatic N) is 5. The SMILES string of the molecule is Cc1ccc(NC2N=C(c3cnn(-c4ccccc4)c3Cl)Nc3c2cnn3-c2ccccc2)cc1. The molecule has 8 heteroatoms. The van der Waals surface area contributed by atoms with Gasteiger partial charge < -0.3 is 10.6 Å². The number of hydrogen-bond acceptors (Lipinski definition) is 5. The first-order valence-electron chi connectivity index (χ1n) is 11.3. The lowest BCUT2D eigenvalue weighted by molar-refractivity contribution is 0.825. The van der Waals surface area contributed by atoms with Crippen LogP contribution in [0.4, 0.5) is 11.5 Å². The molecule has 7 nitrogen and oxygen atoms in total. The number of aryl methyl sites for hydroxylation is 1. The second kappa shape index (κ2) is 8.77. The number of hydrogen-bond donors (Lipinski definition) is 2. The van der Waals surface area contributed by atoms with Gasteiger partial charge in [-0.15, -0.1) is 0 Å². The van der Waals surface area contributed by atoms with Crippen molar-refractivity contribution in [3.05, 3.63) is 119 Å². The Morgan fingerprint density at radius 2 is 1.43 bits per heavy atom. The normalized spacial score (nSPS) is 14.7. The molecular formula is C27H22ClN7. The summed E-state index contributed by atoms with van der Waals surface area (Å²) in [4.78, 5) is 4.99. The predicted molar refractivity (Wildman–Crippen MR) is 140 cm³/mol. The lowest BCUT2D eigenvalue weighted by Gasteiger charge is -2.24. The van der Waals surface area contributed by atoms with Gasteiger partial charge in [0.05, 0.1) is 34.9 Å². The average molecular weight is 480 g/mol. The number of amidine groups is 1. The van der Waals surface area contributed by atoms with Crippen LogP contribution in [-0.4, -0.2) is 25.4 Å². The first-order chi connectivity index (χ1) is 17.2. The molecule has 0 amide bonds. The van der Waals surface area contributed by atoms with Gasteiger partial charge in [0.2, 0.25) is 0 Å². The summed E-state index contributed by atoms with van der Waals surface area (Å²) in [6.45, 7) is 2.07. The number of benzene rings is 3. The Morgan fingerprint density at radius 1 is 0.800 bits per heavy atom. The standard InChI is InChI=1S/C27H22ClN7/c1-18-12-14-19(15-13-18)31-26-23-17-30-35(21-10-6-3-7-11-21)27(23)33-25(32-26)22-16-29-34(24(22)28)20-8-4-2-5-9-20/h2-17,26,31H,1H3,(H,32,33). The molecule has 0 saturated carbocycles. The zero-order chi connectivity index (χ0) is 23.8. The fraction of sp³-hybridized carbons (Fsp3) is 0.0741. The second-order valence-corrected chi connectivity index (χ2v) is 8.67. The van der Waals surface area contributed by atoms with Gasteiger partial charge >= 0.3 is 0 Å². The highest BCUT2D eigenvalue weighted by atomic mass is 35.5. The maximum Gasteiger partial charge on any atom is 0.152 e. The van der Waals surface area contributed by atoms with Crippen molar-refractivity contribution in [2.24, 2.45) is 4.99 Å². The summed E-state index contributed by atoms with van der Waals surface area (Å²) in [5.41, 5.74) is 5.63. The molecule has 2 aromatic heterocycles. The number of anilines is 2. The zero-order valence-electron chi connectivity index (χ0n) is 18.9. The van der Waals surface area contributed by atoms with Crippen molar-refractivity contribution < 1.29 is 0 Å². The Bertz CT molecular complexity index is 1500. The van der Waals surface area contributed by atoms with E-state index in [0.717, 1.165) is 28.4 Å². The first-order valence-corrected chi connectivity index (χ1v) is 11.7. The van der Waals surface area contributed by atoms with Crippen LogP contribution in [0.1, 0.15) is 22.9 Å². The van der Waals surface area contributed by atoms with Crippen LogP contribution in [0.3, 0.4) is 0 Å². The van der Waals surface area contributed by atoms with Gasteiger partial charge in [-0.2, -0.15) is 10.2 Å². The molecule has 1 aliphatic rings. The van der Waals surface area contributed by atoms with E-state index in [2.05, 4.69) is 39.9 Å². The minimum atomic E-state index is -0.363. The van der Waals surface area contributed by atoms with Gasteiger partial charge in [0.25, 0.3) is 0 Å². The van der Waals surface area contributed by atoms with Crippen LogP contribution >= 0.6 is 11.6 Å². The van der Waals surface area contributed by atoms with E-state index in [1.165, 1.54) is 5.56 Å². The van der Waals surface area contributed by atoms with Crippen molar-refractivity contribution in [3.8, 4) is 11.4 Å². The van der Waals surface area contributed by atoms with Crippen LogP contribution in [0, 0.1) is 6.92 Å². The third kappa shape index (κ3) is 3.96. The number of aliphatic imine (C=N–C) groups is 1. The molecule has 3 heterocycles. The van der Waals surface area contributed by atoms with Crippen LogP contribution in [0.15, 0.2) is 102 Å². The molecule has 1 unspecified atom stereocenters. The summed E-state index contributed by atoms with van der Waals surface area (Å²) in [6, 6.07) is 28.0. The number of halogens is 1. The van der Waals surface area contributed by atoms with Crippen molar-refractivity contribution in [1.82, 2.24) is 19.6 Å². The number of nitrogens with one attached hydrogen (secondary N) is 2. The van der Waals surface area contributed by atoms with Crippen LogP contribution in [0.5, 0.6) is 0 Å². The Morgan fingerprint density at radius 3 is 2.11 bits per heavy atom. The zero-order valence-corrected chi connectivity index (χ0v) is 19.7. The third-order valence-electron chi connectivity index (χ3n) is 5.91. The Hall–Kier alpha value is -4.36. The van der Waals surface area contributed by atoms with Gasteiger partial charge in [0.1, 0.15) is 16.8 Å². The van der Waals surface area contributed by atoms with E-state index in [1.54, 1.807) is 10.9 Å². The molecule has 0 aliphatic carbocycles. The Labute approximate surface area is 207 Å². The van der Waals surface area contributed by atoms with Crippen molar-refractivity contribution in [2.75, 3.05) is 10.6 Å². The topological polar surface area (TPSA) is 72.1 Å². The molecule has 0 spiro atoms. The molecule has 0 fully saturated rings. The van der Waals surface area contributed by atoms with E-state index < -0.39 is 0 Å². The summed E-state index contributed by atoms with van der Waals surface area (Å²) in [5, 5.41) is 16.7. The first kappa shape index (κ1) is 21.2. The van der Waals surface area contributed by atoms with Crippen LogP contribution in [0.25, 0.3) is 11.4 Å². The Balaban J connectivity index is 1.44. The van der Waals surface area contributed by atoms with Gasteiger partial charge in [-0.25, -0.2) is 14.4 Å². The van der Waals surface area contributed by atoms with Gasteiger partial charge in [-0.3, -0.25) is 0 Å². The summed E-state index contributed by atoms with van der Waals surface area (Å²) in [5.74, 6) is 1.45. The molecule has 1 atom stereocenters. The molecule has 6 rings (SSSR count). The fourth-order valence-electron chi connectivity index (χ4n) is 4.09. The van der Waals surface area contributed by atoms with Crippen molar-refractivity contribution in [3.63, 3.8) is 0 Å². The summed E-state index contributed by atoms with van der Waals surface area (Å²) in [6.07, 6.45) is 3.21. The van der Waals surface area contributed by atoms with E-state index in [4.69, 9.17) is 16.6 Å².